The van der Waals surface area contributed by atoms with Gasteiger partial charge in [0, 0.05) is 23.5 Å². The Kier molecular flexibility index (Phi) is 3.30. The van der Waals surface area contributed by atoms with E-state index in [1.54, 1.807) is 18.0 Å². The van der Waals surface area contributed by atoms with Crippen LogP contribution in [0.3, 0.4) is 0 Å². The summed E-state index contributed by atoms with van der Waals surface area (Å²) < 4.78 is 5.36. The lowest BCUT2D eigenvalue weighted by molar-refractivity contribution is -0.118. The van der Waals surface area contributed by atoms with Crippen LogP contribution in [0.15, 0.2) is 10.5 Å². The van der Waals surface area contributed by atoms with Gasteiger partial charge in [0.1, 0.15) is 0 Å². The Morgan fingerprint density at radius 1 is 1.50 bits per heavy atom. The van der Waals surface area contributed by atoms with E-state index in [9.17, 15) is 9.59 Å². The highest BCUT2D eigenvalue weighted by atomic mass is 79.9. The standard InChI is InChI=1S/C12H13BrN2O3/c1-15-9(16)4-3-6-10(14)7(12(17)18-2)5-8(13)11(6)15/h5H,3-4,14H2,1-2H3. The maximum absolute atomic E-state index is 11.7. The molecule has 96 valence electrons. The quantitative estimate of drug-likeness (QED) is 0.633. The van der Waals surface area contributed by atoms with Gasteiger partial charge in [-0.3, -0.25) is 4.79 Å². The van der Waals surface area contributed by atoms with Gasteiger partial charge in [0.15, 0.2) is 0 Å². The minimum absolute atomic E-state index is 0.0356. The van der Waals surface area contributed by atoms with Gasteiger partial charge in [-0.1, -0.05) is 0 Å². The van der Waals surface area contributed by atoms with E-state index in [0.717, 1.165) is 11.3 Å². The first kappa shape index (κ1) is 12.9. The summed E-state index contributed by atoms with van der Waals surface area (Å²) in [7, 11) is 3.01. The number of nitrogens with zero attached hydrogens (tertiary/aromatic N) is 1. The van der Waals surface area contributed by atoms with E-state index in [-0.39, 0.29) is 5.91 Å². The van der Waals surface area contributed by atoms with Crippen LogP contribution in [-0.4, -0.2) is 26.0 Å². The number of ether oxygens (including phenoxy) is 1. The zero-order valence-corrected chi connectivity index (χ0v) is 11.7. The average Bonchev–Trinajstić information content (AvgIpc) is 2.36. The van der Waals surface area contributed by atoms with E-state index in [1.807, 2.05) is 0 Å². The molecular weight excluding hydrogens is 300 g/mol. The Morgan fingerprint density at radius 2 is 2.17 bits per heavy atom. The van der Waals surface area contributed by atoms with Crippen LogP contribution in [0, 0.1) is 0 Å². The van der Waals surface area contributed by atoms with Crippen molar-refractivity contribution >= 4 is 39.2 Å². The molecule has 1 aromatic carbocycles. The molecule has 0 saturated carbocycles. The van der Waals surface area contributed by atoms with E-state index in [2.05, 4.69) is 15.9 Å². The van der Waals surface area contributed by atoms with Gasteiger partial charge in [0.2, 0.25) is 5.91 Å². The van der Waals surface area contributed by atoms with Crippen molar-refractivity contribution < 1.29 is 14.3 Å². The lowest BCUT2D eigenvalue weighted by Gasteiger charge is -2.28. The topological polar surface area (TPSA) is 72.6 Å². The summed E-state index contributed by atoms with van der Waals surface area (Å²) in [6, 6.07) is 1.59. The SMILES string of the molecule is COC(=O)c1cc(Br)c2c(c1N)CCC(=O)N2C. The Labute approximate surface area is 113 Å². The molecule has 0 atom stereocenters. The number of halogens is 1. The Morgan fingerprint density at radius 3 is 2.78 bits per heavy atom. The Hall–Kier alpha value is -1.56. The second-order valence-corrected chi connectivity index (χ2v) is 4.95. The Bertz CT molecular complexity index is 543. The molecule has 1 aromatic rings. The zero-order valence-electron chi connectivity index (χ0n) is 10.1. The van der Waals surface area contributed by atoms with Gasteiger partial charge in [-0.2, -0.15) is 0 Å². The fraction of sp³-hybridized carbons (Fsp3) is 0.333. The van der Waals surface area contributed by atoms with Crippen LogP contribution in [0.5, 0.6) is 0 Å². The maximum Gasteiger partial charge on any atom is 0.340 e. The molecule has 0 unspecified atom stereocenters. The molecule has 2 N–H and O–H groups in total. The lowest BCUT2D eigenvalue weighted by Crippen LogP contribution is -2.32. The normalized spacial score (nSPS) is 14.4. The van der Waals surface area contributed by atoms with Gasteiger partial charge in [-0.05, 0) is 28.4 Å². The van der Waals surface area contributed by atoms with Crippen LogP contribution in [0.1, 0.15) is 22.3 Å². The highest BCUT2D eigenvalue weighted by Gasteiger charge is 2.28. The van der Waals surface area contributed by atoms with Gasteiger partial charge in [0.05, 0.1) is 24.0 Å². The van der Waals surface area contributed by atoms with E-state index in [4.69, 9.17) is 10.5 Å². The summed E-state index contributed by atoms with van der Waals surface area (Å²) in [5, 5.41) is 0. The number of esters is 1. The van der Waals surface area contributed by atoms with E-state index >= 15 is 0 Å². The van der Waals surface area contributed by atoms with Crippen LogP contribution in [0.25, 0.3) is 0 Å². The number of anilines is 2. The number of carbonyl (C=O) groups excluding carboxylic acids is 2. The molecule has 0 aliphatic carbocycles. The van der Waals surface area contributed by atoms with E-state index in [1.165, 1.54) is 7.11 Å². The van der Waals surface area contributed by atoms with Crippen molar-refractivity contribution in [1.82, 2.24) is 0 Å². The third kappa shape index (κ3) is 1.86. The summed E-state index contributed by atoms with van der Waals surface area (Å²) in [6.45, 7) is 0. The summed E-state index contributed by atoms with van der Waals surface area (Å²) >= 11 is 3.38. The molecule has 1 aliphatic heterocycles. The minimum atomic E-state index is -0.476. The zero-order chi connectivity index (χ0) is 13.4. The predicted molar refractivity (Wildman–Crippen MR) is 71.6 cm³/mol. The van der Waals surface area contributed by atoms with Crippen LogP contribution < -0.4 is 10.6 Å². The largest absolute Gasteiger partial charge is 0.465 e. The predicted octanol–water partition coefficient (Wildman–Crippen LogP) is 1.73. The van der Waals surface area contributed by atoms with Gasteiger partial charge in [-0.15, -0.1) is 0 Å². The fourth-order valence-corrected chi connectivity index (χ4v) is 2.86. The number of benzene rings is 1. The van der Waals surface area contributed by atoms with Gasteiger partial charge in [-0.25, -0.2) is 4.79 Å². The second kappa shape index (κ2) is 4.61. The van der Waals surface area contributed by atoms with Crippen molar-refractivity contribution in [3.8, 4) is 0 Å². The molecule has 1 heterocycles. The molecule has 0 fully saturated rings. The molecule has 0 aromatic heterocycles. The summed E-state index contributed by atoms with van der Waals surface area (Å²) in [5.41, 5.74) is 8.26. The number of rotatable bonds is 1. The number of amides is 1. The molecule has 1 amide bonds. The highest BCUT2D eigenvalue weighted by molar-refractivity contribution is 9.10. The van der Waals surface area contributed by atoms with Gasteiger partial charge < -0.3 is 15.4 Å². The van der Waals surface area contributed by atoms with Crippen molar-refractivity contribution in [1.29, 1.82) is 0 Å². The molecule has 0 radical (unpaired) electrons. The number of nitrogen functional groups attached to an aromatic ring is 1. The first-order valence-corrected chi connectivity index (χ1v) is 6.22. The van der Waals surface area contributed by atoms with Crippen molar-refractivity contribution in [2.24, 2.45) is 0 Å². The van der Waals surface area contributed by atoms with Crippen molar-refractivity contribution in [3.63, 3.8) is 0 Å². The number of fused-ring (bicyclic) bond motifs is 1. The molecule has 0 spiro atoms. The summed E-state index contributed by atoms with van der Waals surface area (Å²) in [6.07, 6.45) is 0.929. The first-order valence-electron chi connectivity index (χ1n) is 5.43. The van der Waals surface area contributed by atoms with Crippen molar-refractivity contribution in [2.45, 2.75) is 12.8 Å². The van der Waals surface area contributed by atoms with Crippen molar-refractivity contribution in [2.75, 3.05) is 24.8 Å². The van der Waals surface area contributed by atoms with Crippen molar-refractivity contribution in [3.05, 3.63) is 21.7 Å². The molecule has 1 aliphatic rings. The van der Waals surface area contributed by atoms with Crippen LogP contribution in [0.4, 0.5) is 11.4 Å². The molecule has 0 bridgehead atoms. The maximum atomic E-state index is 11.7. The summed E-state index contributed by atoms with van der Waals surface area (Å²) in [5.74, 6) is -0.441. The summed E-state index contributed by atoms with van der Waals surface area (Å²) in [4.78, 5) is 24.8. The number of methoxy groups -OCH3 is 1. The monoisotopic (exact) mass is 312 g/mol. The molecule has 5 nitrogen and oxygen atoms in total. The first-order chi connectivity index (χ1) is 8.47. The molecular formula is C12H13BrN2O3. The number of carbonyl (C=O) groups is 2. The van der Waals surface area contributed by atoms with Crippen LogP contribution >= 0.6 is 15.9 Å². The van der Waals surface area contributed by atoms with E-state index < -0.39 is 5.97 Å². The minimum Gasteiger partial charge on any atom is -0.465 e. The van der Waals surface area contributed by atoms with Crippen LogP contribution in [-0.2, 0) is 16.0 Å². The lowest BCUT2D eigenvalue weighted by atomic mass is 9.96. The highest BCUT2D eigenvalue weighted by Crippen LogP contribution is 2.39. The second-order valence-electron chi connectivity index (χ2n) is 4.09. The number of hydrogen-bond acceptors (Lipinski definition) is 4. The third-order valence-electron chi connectivity index (χ3n) is 3.10. The molecule has 6 heteroatoms. The fourth-order valence-electron chi connectivity index (χ4n) is 2.13. The smallest absolute Gasteiger partial charge is 0.340 e. The Balaban J connectivity index is 2.65. The van der Waals surface area contributed by atoms with Gasteiger partial charge in [0.25, 0.3) is 0 Å². The average molecular weight is 313 g/mol. The number of nitrogens with two attached hydrogens (primary N) is 1. The van der Waals surface area contributed by atoms with Crippen LogP contribution in [0.2, 0.25) is 0 Å². The van der Waals surface area contributed by atoms with E-state index in [0.29, 0.717) is 28.6 Å². The molecule has 18 heavy (non-hydrogen) atoms. The molecule has 0 saturated heterocycles. The molecule has 2 rings (SSSR count). The third-order valence-corrected chi connectivity index (χ3v) is 3.71. The van der Waals surface area contributed by atoms with Gasteiger partial charge >= 0.3 is 5.97 Å². The number of hydrogen-bond donors (Lipinski definition) is 1.